The van der Waals surface area contributed by atoms with Crippen molar-refractivity contribution in [3.8, 4) is 0 Å². The lowest BCUT2D eigenvalue weighted by Gasteiger charge is -2.23. The van der Waals surface area contributed by atoms with Crippen LogP contribution in [0.25, 0.3) is 0 Å². The molecule has 0 fully saturated rings. The molecule has 2 nitrogen and oxygen atoms in total. The molecule has 1 aliphatic rings. The van der Waals surface area contributed by atoms with Crippen LogP contribution in [0.3, 0.4) is 0 Å². The first-order valence-corrected chi connectivity index (χ1v) is 6.44. The highest BCUT2D eigenvalue weighted by Gasteiger charge is 2.21. The third kappa shape index (κ3) is 1.79. The summed E-state index contributed by atoms with van der Waals surface area (Å²) in [5.41, 5.74) is 12.4. The maximum atomic E-state index is 5.86. The molecule has 0 saturated heterocycles. The summed E-state index contributed by atoms with van der Waals surface area (Å²) in [5.74, 6) is 0. The minimum Gasteiger partial charge on any atom is -0.341 e. The van der Waals surface area contributed by atoms with E-state index in [4.69, 9.17) is 5.73 Å². The molecule has 0 bridgehead atoms. The number of para-hydroxylation sites is 1. The SMILES string of the molecule is Cc1ccc(CN)c(N2CCc3ccccc32)c1. The van der Waals surface area contributed by atoms with Gasteiger partial charge in [-0.2, -0.15) is 0 Å². The normalized spacial score (nSPS) is 13.8. The van der Waals surface area contributed by atoms with Crippen LogP contribution in [0.2, 0.25) is 0 Å². The maximum absolute atomic E-state index is 5.86. The fourth-order valence-corrected chi connectivity index (χ4v) is 2.69. The molecule has 0 radical (unpaired) electrons. The zero-order valence-corrected chi connectivity index (χ0v) is 10.7. The third-order valence-corrected chi connectivity index (χ3v) is 3.64. The van der Waals surface area contributed by atoms with Gasteiger partial charge in [0.05, 0.1) is 0 Å². The molecule has 0 aliphatic carbocycles. The highest BCUT2D eigenvalue weighted by atomic mass is 15.2. The van der Waals surface area contributed by atoms with Crippen molar-refractivity contribution in [2.45, 2.75) is 19.9 Å². The topological polar surface area (TPSA) is 29.3 Å². The number of fused-ring (bicyclic) bond motifs is 1. The second-order valence-corrected chi connectivity index (χ2v) is 4.87. The standard InChI is InChI=1S/C16H18N2/c1-12-6-7-14(11-17)16(10-12)18-9-8-13-4-2-3-5-15(13)18/h2-7,10H,8-9,11,17H2,1H3. The second-order valence-electron chi connectivity index (χ2n) is 4.87. The molecule has 2 aromatic carbocycles. The number of hydrogen-bond donors (Lipinski definition) is 1. The number of nitrogens with zero attached hydrogens (tertiary/aromatic N) is 1. The van der Waals surface area contributed by atoms with Crippen LogP contribution < -0.4 is 10.6 Å². The molecule has 0 spiro atoms. The molecule has 0 saturated carbocycles. The smallest absolute Gasteiger partial charge is 0.0459 e. The van der Waals surface area contributed by atoms with Gasteiger partial charge in [0, 0.05) is 24.5 Å². The van der Waals surface area contributed by atoms with Crippen LogP contribution in [0.15, 0.2) is 42.5 Å². The van der Waals surface area contributed by atoms with E-state index in [1.165, 1.54) is 28.1 Å². The average Bonchev–Trinajstić information content (AvgIpc) is 2.82. The van der Waals surface area contributed by atoms with E-state index in [0.717, 1.165) is 13.0 Å². The molecule has 3 rings (SSSR count). The predicted molar refractivity (Wildman–Crippen MR) is 76.2 cm³/mol. The van der Waals surface area contributed by atoms with Gasteiger partial charge in [0.2, 0.25) is 0 Å². The van der Waals surface area contributed by atoms with Crippen molar-refractivity contribution < 1.29 is 0 Å². The minimum absolute atomic E-state index is 0.592. The summed E-state index contributed by atoms with van der Waals surface area (Å²) in [4.78, 5) is 2.39. The first-order valence-electron chi connectivity index (χ1n) is 6.44. The number of aryl methyl sites for hydroxylation is 1. The van der Waals surface area contributed by atoms with Gasteiger partial charge in [0.25, 0.3) is 0 Å². The summed E-state index contributed by atoms with van der Waals surface area (Å²) >= 11 is 0. The summed E-state index contributed by atoms with van der Waals surface area (Å²) in [7, 11) is 0. The Morgan fingerprint density at radius 1 is 1.11 bits per heavy atom. The minimum atomic E-state index is 0.592. The number of benzene rings is 2. The maximum Gasteiger partial charge on any atom is 0.0459 e. The van der Waals surface area contributed by atoms with E-state index in [9.17, 15) is 0 Å². The van der Waals surface area contributed by atoms with Crippen molar-refractivity contribution >= 4 is 11.4 Å². The highest BCUT2D eigenvalue weighted by molar-refractivity contribution is 5.72. The van der Waals surface area contributed by atoms with Gasteiger partial charge in [0.1, 0.15) is 0 Å². The Hall–Kier alpha value is -1.80. The van der Waals surface area contributed by atoms with Crippen molar-refractivity contribution in [3.63, 3.8) is 0 Å². The van der Waals surface area contributed by atoms with Crippen LogP contribution in [-0.4, -0.2) is 6.54 Å². The molecule has 0 amide bonds. The largest absolute Gasteiger partial charge is 0.341 e. The molecular weight excluding hydrogens is 220 g/mol. The van der Waals surface area contributed by atoms with Crippen LogP contribution in [0.5, 0.6) is 0 Å². The Morgan fingerprint density at radius 3 is 2.78 bits per heavy atom. The van der Waals surface area contributed by atoms with Crippen LogP contribution in [0.4, 0.5) is 11.4 Å². The van der Waals surface area contributed by atoms with Crippen LogP contribution in [0, 0.1) is 6.92 Å². The van der Waals surface area contributed by atoms with E-state index in [1.54, 1.807) is 0 Å². The van der Waals surface area contributed by atoms with E-state index >= 15 is 0 Å². The van der Waals surface area contributed by atoms with Gasteiger partial charge in [-0.15, -0.1) is 0 Å². The first kappa shape index (κ1) is 11.3. The van der Waals surface area contributed by atoms with E-state index in [2.05, 4.69) is 54.3 Å². The van der Waals surface area contributed by atoms with E-state index in [0.29, 0.717) is 6.54 Å². The molecular formula is C16H18N2. The molecule has 0 atom stereocenters. The van der Waals surface area contributed by atoms with Crippen molar-refractivity contribution in [1.29, 1.82) is 0 Å². The fourth-order valence-electron chi connectivity index (χ4n) is 2.69. The van der Waals surface area contributed by atoms with Gasteiger partial charge < -0.3 is 10.6 Å². The average molecular weight is 238 g/mol. The molecule has 0 aromatic heterocycles. The predicted octanol–water partition coefficient (Wildman–Crippen LogP) is 3.15. The van der Waals surface area contributed by atoms with E-state index in [1.807, 2.05) is 0 Å². The Balaban J connectivity index is 2.09. The lowest BCUT2D eigenvalue weighted by Crippen LogP contribution is -2.16. The summed E-state index contributed by atoms with van der Waals surface area (Å²) in [6.45, 7) is 3.77. The quantitative estimate of drug-likeness (QED) is 0.871. The van der Waals surface area contributed by atoms with Crippen LogP contribution >= 0.6 is 0 Å². The Labute approximate surface area is 108 Å². The number of rotatable bonds is 2. The van der Waals surface area contributed by atoms with Gasteiger partial charge in [-0.25, -0.2) is 0 Å². The van der Waals surface area contributed by atoms with Crippen LogP contribution in [-0.2, 0) is 13.0 Å². The zero-order chi connectivity index (χ0) is 12.5. The zero-order valence-electron chi connectivity index (χ0n) is 10.7. The summed E-state index contributed by atoms with van der Waals surface area (Å²) in [6, 6.07) is 15.2. The summed E-state index contributed by atoms with van der Waals surface area (Å²) < 4.78 is 0. The monoisotopic (exact) mass is 238 g/mol. The van der Waals surface area contributed by atoms with Crippen molar-refractivity contribution in [3.05, 3.63) is 59.2 Å². The Kier molecular flexibility index (Phi) is 2.80. The first-order chi connectivity index (χ1) is 8.79. The van der Waals surface area contributed by atoms with Gasteiger partial charge >= 0.3 is 0 Å². The summed E-state index contributed by atoms with van der Waals surface area (Å²) in [5, 5.41) is 0. The Morgan fingerprint density at radius 2 is 1.94 bits per heavy atom. The fraction of sp³-hybridized carbons (Fsp3) is 0.250. The molecule has 18 heavy (non-hydrogen) atoms. The van der Waals surface area contributed by atoms with Crippen molar-refractivity contribution in [2.75, 3.05) is 11.4 Å². The Bertz CT molecular complexity index is 575. The molecule has 2 N–H and O–H groups in total. The van der Waals surface area contributed by atoms with Gasteiger partial charge in [-0.3, -0.25) is 0 Å². The lowest BCUT2D eigenvalue weighted by molar-refractivity contribution is 0.970. The van der Waals surface area contributed by atoms with Crippen molar-refractivity contribution in [2.24, 2.45) is 5.73 Å². The van der Waals surface area contributed by atoms with Crippen LogP contribution in [0.1, 0.15) is 16.7 Å². The number of hydrogen-bond acceptors (Lipinski definition) is 2. The molecule has 0 unspecified atom stereocenters. The lowest BCUT2D eigenvalue weighted by atomic mass is 10.1. The van der Waals surface area contributed by atoms with Crippen molar-refractivity contribution in [1.82, 2.24) is 0 Å². The molecule has 1 aliphatic heterocycles. The van der Waals surface area contributed by atoms with Gasteiger partial charge in [0.15, 0.2) is 0 Å². The van der Waals surface area contributed by atoms with Gasteiger partial charge in [-0.05, 0) is 42.2 Å². The third-order valence-electron chi connectivity index (χ3n) is 3.64. The molecule has 2 heteroatoms. The van der Waals surface area contributed by atoms with E-state index in [-0.39, 0.29) is 0 Å². The number of anilines is 2. The molecule has 1 heterocycles. The highest BCUT2D eigenvalue weighted by Crippen LogP contribution is 2.36. The summed E-state index contributed by atoms with van der Waals surface area (Å²) in [6.07, 6.45) is 1.12. The number of nitrogens with two attached hydrogens (primary N) is 1. The van der Waals surface area contributed by atoms with Gasteiger partial charge in [-0.1, -0.05) is 30.3 Å². The second kappa shape index (κ2) is 4.46. The molecule has 2 aromatic rings. The van der Waals surface area contributed by atoms with E-state index < -0.39 is 0 Å². The molecule has 92 valence electrons.